The summed E-state index contributed by atoms with van der Waals surface area (Å²) in [5.74, 6) is 1.46. The highest BCUT2D eigenvalue weighted by molar-refractivity contribution is 5.75. The van der Waals surface area contributed by atoms with Crippen molar-refractivity contribution in [2.45, 2.75) is 32.1 Å². The molecule has 0 spiro atoms. The molecule has 2 N–H and O–H groups in total. The largest absolute Gasteiger partial charge is 0.496 e. The Morgan fingerprint density at radius 3 is 2.76 bits per heavy atom. The van der Waals surface area contributed by atoms with Crippen LogP contribution in [0.25, 0.3) is 0 Å². The van der Waals surface area contributed by atoms with E-state index in [0.29, 0.717) is 12.3 Å². The molecular formula is C14H19NO2. The van der Waals surface area contributed by atoms with Crippen LogP contribution in [-0.4, -0.2) is 13.0 Å². The second kappa shape index (κ2) is 4.78. The molecule has 0 heterocycles. The lowest BCUT2D eigenvalue weighted by atomic mass is 9.89. The van der Waals surface area contributed by atoms with Crippen molar-refractivity contribution in [1.82, 2.24) is 0 Å². The molecule has 0 bridgehead atoms. The summed E-state index contributed by atoms with van der Waals surface area (Å²) in [6, 6.07) is 6.11. The Hall–Kier alpha value is -1.51. The Morgan fingerprint density at radius 1 is 1.53 bits per heavy atom. The Bertz CT molecular complexity index is 424. The van der Waals surface area contributed by atoms with E-state index in [1.807, 2.05) is 12.1 Å². The van der Waals surface area contributed by atoms with E-state index in [4.69, 9.17) is 10.5 Å². The highest BCUT2D eigenvalue weighted by Crippen LogP contribution is 2.47. The van der Waals surface area contributed by atoms with Crippen LogP contribution < -0.4 is 10.5 Å². The number of aryl methyl sites for hydroxylation is 1. The van der Waals surface area contributed by atoms with Crippen molar-refractivity contribution in [1.29, 1.82) is 0 Å². The summed E-state index contributed by atoms with van der Waals surface area (Å²) in [5, 5.41) is 0. The average Bonchev–Trinajstić information content (AvgIpc) is 3.09. The third-order valence-electron chi connectivity index (χ3n) is 3.40. The highest BCUT2D eigenvalue weighted by atomic mass is 16.5. The molecule has 3 nitrogen and oxygen atoms in total. The van der Waals surface area contributed by atoms with E-state index >= 15 is 0 Å². The maximum absolute atomic E-state index is 11.2. The molecule has 1 aromatic carbocycles. The highest BCUT2D eigenvalue weighted by Gasteiger charge is 2.34. The molecular weight excluding hydrogens is 214 g/mol. The van der Waals surface area contributed by atoms with E-state index in [2.05, 4.69) is 13.0 Å². The number of ether oxygens (including phenoxy) is 1. The molecule has 1 amide bonds. The number of nitrogens with two attached hydrogens (primary N) is 1. The summed E-state index contributed by atoms with van der Waals surface area (Å²) in [4.78, 5) is 11.2. The van der Waals surface area contributed by atoms with Gasteiger partial charge in [-0.25, -0.2) is 0 Å². The second-order valence-electron chi connectivity index (χ2n) is 4.86. The molecule has 1 aliphatic carbocycles. The van der Waals surface area contributed by atoms with Gasteiger partial charge < -0.3 is 10.5 Å². The number of methoxy groups -OCH3 is 1. The van der Waals surface area contributed by atoms with Gasteiger partial charge in [-0.2, -0.15) is 0 Å². The molecule has 0 aliphatic heterocycles. The number of carbonyl (C=O) groups excluding carboxylic acids is 1. The maximum Gasteiger partial charge on any atom is 0.218 e. The van der Waals surface area contributed by atoms with Crippen molar-refractivity contribution in [3.63, 3.8) is 0 Å². The number of benzene rings is 1. The van der Waals surface area contributed by atoms with E-state index in [-0.39, 0.29) is 11.8 Å². The zero-order chi connectivity index (χ0) is 12.4. The van der Waals surface area contributed by atoms with Crippen LogP contribution in [-0.2, 0) is 4.79 Å². The molecule has 1 unspecified atom stereocenters. The van der Waals surface area contributed by atoms with Gasteiger partial charge in [-0.05, 0) is 43.2 Å². The quantitative estimate of drug-likeness (QED) is 0.848. The van der Waals surface area contributed by atoms with Crippen LogP contribution in [0.2, 0.25) is 0 Å². The van der Waals surface area contributed by atoms with Crippen molar-refractivity contribution in [3.05, 3.63) is 29.3 Å². The summed E-state index contributed by atoms with van der Waals surface area (Å²) in [7, 11) is 1.67. The maximum atomic E-state index is 11.2. The first kappa shape index (κ1) is 12.0. The van der Waals surface area contributed by atoms with Gasteiger partial charge in [-0.1, -0.05) is 17.7 Å². The SMILES string of the molecule is COc1ccc(C)cc1C(CC(N)=O)C1CC1. The van der Waals surface area contributed by atoms with Gasteiger partial charge in [0, 0.05) is 6.42 Å². The minimum Gasteiger partial charge on any atom is -0.496 e. The second-order valence-corrected chi connectivity index (χ2v) is 4.86. The van der Waals surface area contributed by atoms with Gasteiger partial charge in [-0.15, -0.1) is 0 Å². The van der Waals surface area contributed by atoms with E-state index in [9.17, 15) is 4.79 Å². The van der Waals surface area contributed by atoms with E-state index in [0.717, 1.165) is 11.3 Å². The normalized spacial score (nSPS) is 16.6. The van der Waals surface area contributed by atoms with E-state index in [1.54, 1.807) is 7.11 Å². The fraction of sp³-hybridized carbons (Fsp3) is 0.500. The summed E-state index contributed by atoms with van der Waals surface area (Å²) >= 11 is 0. The monoisotopic (exact) mass is 233 g/mol. The van der Waals surface area contributed by atoms with Crippen LogP contribution >= 0.6 is 0 Å². The van der Waals surface area contributed by atoms with Crippen molar-refractivity contribution in [2.24, 2.45) is 11.7 Å². The molecule has 0 saturated heterocycles. The zero-order valence-corrected chi connectivity index (χ0v) is 10.4. The molecule has 17 heavy (non-hydrogen) atoms. The Labute approximate surface area is 102 Å². The van der Waals surface area contributed by atoms with Gasteiger partial charge in [0.15, 0.2) is 0 Å². The van der Waals surface area contributed by atoms with Crippen molar-refractivity contribution >= 4 is 5.91 Å². The van der Waals surface area contributed by atoms with Crippen molar-refractivity contribution in [3.8, 4) is 5.75 Å². The summed E-state index contributed by atoms with van der Waals surface area (Å²) < 4.78 is 5.39. The molecule has 0 aromatic heterocycles. The molecule has 92 valence electrons. The van der Waals surface area contributed by atoms with Crippen LogP contribution in [0.3, 0.4) is 0 Å². The lowest BCUT2D eigenvalue weighted by molar-refractivity contribution is -0.118. The number of amides is 1. The van der Waals surface area contributed by atoms with E-state index in [1.165, 1.54) is 18.4 Å². The first-order chi connectivity index (χ1) is 8.11. The molecule has 1 saturated carbocycles. The number of carbonyl (C=O) groups is 1. The predicted octanol–water partition coefficient (Wildman–Crippen LogP) is 2.37. The third kappa shape index (κ3) is 2.78. The Morgan fingerprint density at radius 2 is 2.24 bits per heavy atom. The Kier molecular flexibility index (Phi) is 3.36. The third-order valence-corrected chi connectivity index (χ3v) is 3.40. The van der Waals surface area contributed by atoms with Gasteiger partial charge in [0.2, 0.25) is 5.91 Å². The van der Waals surface area contributed by atoms with Gasteiger partial charge in [-0.3, -0.25) is 4.79 Å². The number of rotatable bonds is 5. The van der Waals surface area contributed by atoms with Crippen LogP contribution in [0.15, 0.2) is 18.2 Å². The first-order valence-electron chi connectivity index (χ1n) is 6.04. The van der Waals surface area contributed by atoms with Crippen LogP contribution in [0.5, 0.6) is 5.75 Å². The van der Waals surface area contributed by atoms with Crippen molar-refractivity contribution < 1.29 is 9.53 Å². The smallest absolute Gasteiger partial charge is 0.218 e. The topological polar surface area (TPSA) is 52.3 Å². The standard InChI is InChI=1S/C14H19NO2/c1-9-3-6-13(17-2)12(7-9)11(8-14(15)16)10-4-5-10/h3,6-7,10-11H,4-5,8H2,1-2H3,(H2,15,16). The molecule has 3 heteroatoms. The van der Waals surface area contributed by atoms with Gasteiger partial charge in [0.25, 0.3) is 0 Å². The summed E-state index contributed by atoms with van der Waals surface area (Å²) in [5.41, 5.74) is 7.67. The summed E-state index contributed by atoms with van der Waals surface area (Å²) in [6.45, 7) is 2.05. The number of hydrogen-bond donors (Lipinski definition) is 1. The number of hydrogen-bond acceptors (Lipinski definition) is 2. The molecule has 1 fully saturated rings. The first-order valence-corrected chi connectivity index (χ1v) is 6.04. The predicted molar refractivity (Wildman–Crippen MR) is 67.0 cm³/mol. The van der Waals surface area contributed by atoms with Gasteiger partial charge in [0.1, 0.15) is 5.75 Å². The molecule has 2 rings (SSSR count). The van der Waals surface area contributed by atoms with Gasteiger partial charge >= 0.3 is 0 Å². The minimum absolute atomic E-state index is 0.224. The van der Waals surface area contributed by atoms with E-state index < -0.39 is 0 Å². The van der Waals surface area contributed by atoms with Gasteiger partial charge in [0.05, 0.1) is 7.11 Å². The Balaban J connectivity index is 2.33. The molecule has 1 atom stereocenters. The van der Waals surface area contributed by atoms with Crippen molar-refractivity contribution in [2.75, 3.05) is 7.11 Å². The average molecular weight is 233 g/mol. The van der Waals surface area contributed by atoms with Crippen LogP contribution in [0, 0.1) is 12.8 Å². The lowest BCUT2D eigenvalue weighted by Crippen LogP contribution is -2.17. The zero-order valence-electron chi connectivity index (χ0n) is 10.4. The molecule has 1 aliphatic rings. The fourth-order valence-electron chi connectivity index (χ4n) is 2.39. The summed E-state index contributed by atoms with van der Waals surface area (Å²) in [6.07, 6.45) is 2.80. The van der Waals surface area contributed by atoms with Crippen LogP contribution in [0.1, 0.15) is 36.3 Å². The molecule has 1 aromatic rings. The fourth-order valence-corrected chi connectivity index (χ4v) is 2.39. The number of primary amides is 1. The minimum atomic E-state index is -0.231. The van der Waals surface area contributed by atoms with Crippen LogP contribution in [0.4, 0.5) is 0 Å². The molecule has 0 radical (unpaired) electrons. The lowest BCUT2D eigenvalue weighted by Gasteiger charge is -2.18.